The van der Waals surface area contributed by atoms with Gasteiger partial charge in [0.2, 0.25) is 0 Å². The third kappa shape index (κ3) is 5.62. The predicted molar refractivity (Wildman–Crippen MR) is 61.9 cm³/mol. The first kappa shape index (κ1) is 12.3. The Bertz CT molecular complexity index is 204. The van der Waals surface area contributed by atoms with E-state index in [1.54, 1.807) is 0 Å². The maximum absolute atomic E-state index is 11.4. The molecule has 1 atom stereocenters. The largest absolute Gasteiger partial charge is 0.338 e. The van der Waals surface area contributed by atoms with Gasteiger partial charge in [0.15, 0.2) is 0 Å². The van der Waals surface area contributed by atoms with Crippen molar-refractivity contribution in [2.45, 2.75) is 51.6 Å². The highest BCUT2D eigenvalue weighted by Gasteiger charge is 2.15. The van der Waals surface area contributed by atoms with Gasteiger partial charge in [0.25, 0.3) is 0 Å². The van der Waals surface area contributed by atoms with Gasteiger partial charge >= 0.3 is 6.03 Å². The molecule has 0 aliphatic carbocycles. The van der Waals surface area contributed by atoms with Crippen LogP contribution in [-0.4, -0.2) is 30.7 Å². The Morgan fingerprint density at radius 2 is 2.20 bits per heavy atom. The summed E-state index contributed by atoms with van der Waals surface area (Å²) < 4.78 is 0. The number of carbonyl (C=O) groups excluding carboxylic acids is 1. The highest BCUT2D eigenvalue weighted by Crippen LogP contribution is 2.07. The van der Waals surface area contributed by atoms with Crippen LogP contribution < -0.4 is 16.0 Å². The van der Waals surface area contributed by atoms with Crippen molar-refractivity contribution in [3.8, 4) is 0 Å². The first-order chi connectivity index (χ1) is 6.97. The molecule has 0 bridgehead atoms. The van der Waals surface area contributed by atoms with E-state index in [0.717, 1.165) is 19.5 Å². The summed E-state index contributed by atoms with van der Waals surface area (Å²) in [6.07, 6.45) is 3.53. The lowest BCUT2D eigenvalue weighted by Crippen LogP contribution is -2.47. The highest BCUT2D eigenvalue weighted by molar-refractivity contribution is 5.74. The lowest BCUT2D eigenvalue weighted by Gasteiger charge is -2.21. The molecule has 0 radical (unpaired) electrons. The Morgan fingerprint density at radius 3 is 2.73 bits per heavy atom. The van der Waals surface area contributed by atoms with Crippen molar-refractivity contribution < 1.29 is 4.79 Å². The summed E-state index contributed by atoms with van der Waals surface area (Å²) in [5, 5.41) is 9.16. The van der Waals surface area contributed by atoms with Crippen molar-refractivity contribution >= 4 is 6.03 Å². The average Bonchev–Trinajstić information content (AvgIpc) is 2.53. The normalized spacial score (nSPS) is 21.4. The van der Waals surface area contributed by atoms with Gasteiger partial charge in [-0.2, -0.15) is 0 Å². The molecule has 88 valence electrons. The third-order valence-corrected chi connectivity index (χ3v) is 2.43. The molecule has 2 amide bonds. The van der Waals surface area contributed by atoms with E-state index in [1.165, 1.54) is 12.8 Å². The molecule has 0 aromatic carbocycles. The molecule has 0 aromatic rings. The van der Waals surface area contributed by atoms with Gasteiger partial charge in [0, 0.05) is 18.1 Å². The number of carbonyl (C=O) groups is 1. The van der Waals surface area contributed by atoms with E-state index in [0.29, 0.717) is 6.04 Å². The van der Waals surface area contributed by atoms with E-state index in [1.807, 2.05) is 20.8 Å². The van der Waals surface area contributed by atoms with Crippen molar-refractivity contribution in [3.05, 3.63) is 0 Å². The topological polar surface area (TPSA) is 53.2 Å². The molecular formula is C11H23N3O. The van der Waals surface area contributed by atoms with Crippen LogP contribution >= 0.6 is 0 Å². The fourth-order valence-corrected chi connectivity index (χ4v) is 1.75. The van der Waals surface area contributed by atoms with Crippen LogP contribution in [0.4, 0.5) is 4.79 Å². The minimum absolute atomic E-state index is 0.0690. The van der Waals surface area contributed by atoms with E-state index in [4.69, 9.17) is 0 Å². The highest BCUT2D eigenvalue weighted by atomic mass is 16.2. The SMILES string of the molecule is CC(C)(C)NC(=O)NCCC1CCCN1. The third-order valence-electron chi connectivity index (χ3n) is 2.43. The Labute approximate surface area is 92.2 Å². The molecule has 1 fully saturated rings. The molecule has 1 unspecified atom stereocenters. The minimum atomic E-state index is -0.157. The summed E-state index contributed by atoms with van der Waals surface area (Å²) in [7, 11) is 0. The standard InChI is InChI=1S/C11H23N3O/c1-11(2,3)14-10(15)13-8-6-9-5-4-7-12-9/h9,12H,4-8H2,1-3H3,(H2,13,14,15). The van der Waals surface area contributed by atoms with Crippen LogP contribution in [0.3, 0.4) is 0 Å². The molecule has 3 N–H and O–H groups in total. The van der Waals surface area contributed by atoms with Crippen molar-refractivity contribution in [3.63, 3.8) is 0 Å². The maximum Gasteiger partial charge on any atom is 0.315 e. The zero-order chi connectivity index (χ0) is 11.3. The van der Waals surface area contributed by atoms with Crippen molar-refractivity contribution in [2.24, 2.45) is 0 Å². The van der Waals surface area contributed by atoms with E-state index < -0.39 is 0 Å². The van der Waals surface area contributed by atoms with E-state index in [2.05, 4.69) is 16.0 Å². The number of hydrogen-bond acceptors (Lipinski definition) is 2. The lowest BCUT2D eigenvalue weighted by atomic mass is 10.1. The zero-order valence-corrected chi connectivity index (χ0v) is 10.0. The molecule has 15 heavy (non-hydrogen) atoms. The van der Waals surface area contributed by atoms with Gasteiger partial charge in [0.1, 0.15) is 0 Å². The fraction of sp³-hybridized carbons (Fsp3) is 0.909. The van der Waals surface area contributed by atoms with E-state index in [9.17, 15) is 4.79 Å². The molecule has 0 saturated carbocycles. The second-order valence-electron chi connectivity index (χ2n) is 5.21. The van der Waals surface area contributed by atoms with Crippen molar-refractivity contribution in [1.82, 2.24) is 16.0 Å². The van der Waals surface area contributed by atoms with Crippen LogP contribution in [0.1, 0.15) is 40.0 Å². The Hall–Kier alpha value is -0.770. The van der Waals surface area contributed by atoms with E-state index >= 15 is 0 Å². The number of rotatable bonds is 3. The number of nitrogens with one attached hydrogen (secondary N) is 3. The number of urea groups is 1. The molecular weight excluding hydrogens is 190 g/mol. The maximum atomic E-state index is 11.4. The second-order valence-corrected chi connectivity index (χ2v) is 5.21. The van der Waals surface area contributed by atoms with Crippen LogP contribution in [0.15, 0.2) is 0 Å². The van der Waals surface area contributed by atoms with Crippen LogP contribution in [0.5, 0.6) is 0 Å². The summed E-state index contributed by atoms with van der Waals surface area (Å²) in [5.41, 5.74) is -0.157. The van der Waals surface area contributed by atoms with Gasteiger partial charge < -0.3 is 16.0 Å². The first-order valence-electron chi connectivity index (χ1n) is 5.77. The fourth-order valence-electron chi connectivity index (χ4n) is 1.75. The minimum Gasteiger partial charge on any atom is -0.338 e. The lowest BCUT2D eigenvalue weighted by molar-refractivity contribution is 0.231. The molecule has 1 aliphatic rings. The Balaban J connectivity index is 2.06. The predicted octanol–water partition coefficient (Wildman–Crippen LogP) is 1.23. The molecule has 4 heteroatoms. The van der Waals surface area contributed by atoms with Gasteiger partial charge in [0.05, 0.1) is 0 Å². The van der Waals surface area contributed by atoms with Gasteiger partial charge in [-0.25, -0.2) is 4.79 Å². The first-order valence-corrected chi connectivity index (χ1v) is 5.77. The van der Waals surface area contributed by atoms with Crippen molar-refractivity contribution in [1.29, 1.82) is 0 Å². The average molecular weight is 213 g/mol. The van der Waals surface area contributed by atoms with Gasteiger partial charge in [-0.05, 0) is 46.6 Å². The van der Waals surface area contributed by atoms with Crippen LogP contribution in [0, 0.1) is 0 Å². The van der Waals surface area contributed by atoms with Gasteiger partial charge in [-0.3, -0.25) is 0 Å². The van der Waals surface area contributed by atoms with Crippen LogP contribution in [0.25, 0.3) is 0 Å². The van der Waals surface area contributed by atoms with E-state index in [-0.39, 0.29) is 11.6 Å². The molecule has 4 nitrogen and oxygen atoms in total. The molecule has 1 aliphatic heterocycles. The summed E-state index contributed by atoms with van der Waals surface area (Å²) >= 11 is 0. The van der Waals surface area contributed by atoms with Gasteiger partial charge in [-0.15, -0.1) is 0 Å². The van der Waals surface area contributed by atoms with Crippen LogP contribution in [-0.2, 0) is 0 Å². The molecule has 1 saturated heterocycles. The Morgan fingerprint density at radius 1 is 1.47 bits per heavy atom. The molecule has 0 aromatic heterocycles. The zero-order valence-electron chi connectivity index (χ0n) is 10.0. The summed E-state index contributed by atoms with van der Waals surface area (Å²) in [6.45, 7) is 7.81. The molecule has 1 rings (SSSR count). The monoisotopic (exact) mass is 213 g/mol. The Kier molecular flexibility index (Phi) is 4.39. The van der Waals surface area contributed by atoms with Gasteiger partial charge in [-0.1, -0.05) is 0 Å². The second kappa shape index (κ2) is 5.35. The quantitative estimate of drug-likeness (QED) is 0.660. The number of hydrogen-bond donors (Lipinski definition) is 3. The van der Waals surface area contributed by atoms with Crippen LogP contribution in [0.2, 0.25) is 0 Å². The summed E-state index contributed by atoms with van der Waals surface area (Å²) in [6, 6.07) is 0.528. The molecule has 1 heterocycles. The summed E-state index contributed by atoms with van der Waals surface area (Å²) in [4.78, 5) is 11.4. The smallest absolute Gasteiger partial charge is 0.315 e. The summed E-state index contributed by atoms with van der Waals surface area (Å²) in [5.74, 6) is 0. The van der Waals surface area contributed by atoms with Crippen molar-refractivity contribution in [2.75, 3.05) is 13.1 Å². The molecule has 0 spiro atoms. The number of amides is 2.